The van der Waals surface area contributed by atoms with Crippen LogP contribution >= 0.6 is 0 Å². The molecule has 0 aliphatic carbocycles. The molecule has 0 heterocycles. The highest BCUT2D eigenvalue weighted by Gasteiger charge is 2.06. The lowest BCUT2D eigenvalue weighted by atomic mass is 10.2. The Bertz CT molecular complexity index is 296. The van der Waals surface area contributed by atoms with Crippen LogP contribution in [-0.2, 0) is 0 Å². The van der Waals surface area contributed by atoms with E-state index in [9.17, 15) is 4.79 Å². The number of nitrogens with two attached hydrogens (primary N) is 1. The number of nitrogen functional groups attached to an aromatic ring is 1. The molecule has 1 aromatic carbocycles. The van der Waals surface area contributed by atoms with Crippen LogP contribution in [0.3, 0.4) is 0 Å². The number of phenols is 1. The van der Waals surface area contributed by atoms with E-state index in [0.717, 1.165) is 12.1 Å². The zero-order valence-electron chi connectivity index (χ0n) is 5.53. The zero-order valence-corrected chi connectivity index (χ0v) is 5.53. The van der Waals surface area contributed by atoms with Gasteiger partial charge in [0.05, 0.1) is 5.56 Å². The van der Waals surface area contributed by atoms with Gasteiger partial charge in [-0.1, -0.05) is 0 Å². The number of hydrogen-bond acceptors (Lipinski definition) is 3. The highest BCUT2D eigenvalue weighted by molar-refractivity contribution is 5.93. The summed E-state index contributed by atoms with van der Waals surface area (Å²) in [5.41, 5.74) is 5.24. The van der Waals surface area contributed by atoms with Gasteiger partial charge in [-0.25, -0.2) is 4.79 Å². The maximum Gasteiger partial charge on any atom is 0.337 e. The number of carbonyl (C=O) groups is 1. The van der Waals surface area contributed by atoms with E-state index in [2.05, 4.69) is 6.07 Å². The van der Waals surface area contributed by atoms with Crippen molar-refractivity contribution in [3.05, 3.63) is 23.8 Å². The molecule has 0 saturated heterocycles. The smallest absolute Gasteiger partial charge is 0.337 e. The summed E-state index contributed by atoms with van der Waals surface area (Å²) in [5.74, 6) is -1.29. The van der Waals surface area contributed by atoms with Crippen molar-refractivity contribution in [2.24, 2.45) is 0 Å². The standard InChI is InChI=1S/C7H6NO3/c8-6-3-4(9)1-2-5(6)7(10)11/h2-3,9H,8H2,(H,10,11). The van der Waals surface area contributed by atoms with Gasteiger partial charge < -0.3 is 15.9 Å². The minimum atomic E-state index is -1.13. The highest BCUT2D eigenvalue weighted by Crippen LogP contribution is 2.17. The van der Waals surface area contributed by atoms with Crippen molar-refractivity contribution in [2.75, 3.05) is 5.73 Å². The fraction of sp³-hybridized carbons (Fsp3) is 0. The number of carboxylic acid groups (broad SMARTS) is 1. The first kappa shape index (κ1) is 7.40. The maximum absolute atomic E-state index is 10.4. The second kappa shape index (κ2) is 2.49. The van der Waals surface area contributed by atoms with E-state index in [1.165, 1.54) is 0 Å². The van der Waals surface area contributed by atoms with Gasteiger partial charge in [0, 0.05) is 17.8 Å². The largest absolute Gasteiger partial charge is 0.507 e. The Morgan fingerprint density at radius 2 is 2.27 bits per heavy atom. The molecule has 0 spiro atoms. The average molecular weight is 152 g/mol. The van der Waals surface area contributed by atoms with Crippen molar-refractivity contribution >= 4 is 11.7 Å². The SMILES string of the molecule is Nc1cc(O)[c]cc1C(=O)O. The van der Waals surface area contributed by atoms with Gasteiger partial charge in [-0.15, -0.1) is 0 Å². The van der Waals surface area contributed by atoms with Crippen LogP contribution in [0.2, 0.25) is 0 Å². The number of carboxylic acids is 1. The minimum absolute atomic E-state index is 0.0359. The summed E-state index contributed by atoms with van der Waals surface area (Å²) >= 11 is 0. The van der Waals surface area contributed by atoms with Crippen molar-refractivity contribution < 1.29 is 15.0 Å². The third kappa shape index (κ3) is 1.40. The van der Waals surface area contributed by atoms with Gasteiger partial charge in [0.15, 0.2) is 0 Å². The molecular formula is C7H6NO3. The molecule has 0 aliphatic rings. The third-order valence-electron chi connectivity index (χ3n) is 1.20. The monoisotopic (exact) mass is 152 g/mol. The van der Waals surface area contributed by atoms with Crippen molar-refractivity contribution in [1.29, 1.82) is 0 Å². The Hall–Kier alpha value is -1.71. The van der Waals surface area contributed by atoms with Crippen molar-refractivity contribution in [3.8, 4) is 5.75 Å². The van der Waals surface area contributed by atoms with Crippen LogP contribution in [0, 0.1) is 6.07 Å². The first-order valence-electron chi connectivity index (χ1n) is 2.84. The first-order valence-corrected chi connectivity index (χ1v) is 2.84. The molecule has 0 aromatic heterocycles. The molecule has 0 unspecified atom stereocenters. The minimum Gasteiger partial charge on any atom is -0.507 e. The number of rotatable bonds is 1. The van der Waals surface area contributed by atoms with Crippen LogP contribution in [0.15, 0.2) is 12.1 Å². The molecule has 4 N–H and O–H groups in total. The lowest BCUT2D eigenvalue weighted by Gasteiger charge is -1.98. The van der Waals surface area contributed by atoms with Crippen LogP contribution in [0.4, 0.5) is 5.69 Å². The highest BCUT2D eigenvalue weighted by atomic mass is 16.4. The average Bonchev–Trinajstić information content (AvgIpc) is 1.85. The summed E-state index contributed by atoms with van der Waals surface area (Å²) in [6, 6.07) is 4.59. The van der Waals surface area contributed by atoms with Crippen molar-refractivity contribution in [1.82, 2.24) is 0 Å². The molecule has 11 heavy (non-hydrogen) atoms. The van der Waals surface area contributed by atoms with Crippen molar-refractivity contribution in [2.45, 2.75) is 0 Å². The summed E-state index contributed by atoms with van der Waals surface area (Å²) in [6.45, 7) is 0. The number of hydrogen-bond donors (Lipinski definition) is 3. The second-order valence-electron chi connectivity index (χ2n) is 1.99. The van der Waals surface area contributed by atoms with Crippen LogP contribution < -0.4 is 5.73 Å². The topological polar surface area (TPSA) is 83.5 Å². The van der Waals surface area contributed by atoms with E-state index in [-0.39, 0.29) is 17.0 Å². The number of anilines is 1. The van der Waals surface area contributed by atoms with Gasteiger partial charge in [-0.05, 0) is 6.07 Å². The summed E-state index contributed by atoms with van der Waals surface area (Å²) in [5, 5.41) is 17.3. The number of aromatic hydroxyl groups is 1. The van der Waals surface area contributed by atoms with E-state index < -0.39 is 5.97 Å². The molecular weight excluding hydrogens is 146 g/mol. The van der Waals surface area contributed by atoms with Crippen LogP contribution in [0.25, 0.3) is 0 Å². The molecule has 0 bridgehead atoms. The maximum atomic E-state index is 10.4. The summed E-state index contributed by atoms with van der Waals surface area (Å²) in [4.78, 5) is 10.4. The van der Waals surface area contributed by atoms with E-state index in [4.69, 9.17) is 15.9 Å². The van der Waals surface area contributed by atoms with Crippen LogP contribution in [0.1, 0.15) is 10.4 Å². The molecule has 4 nitrogen and oxygen atoms in total. The summed E-state index contributed by atoms with van der Waals surface area (Å²) < 4.78 is 0. The van der Waals surface area contributed by atoms with E-state index in [1.807, 2.05) is 0 Å². The Morgan fingerprint density at radius 3 is 2.73 bits per heavy atom. The molecule has 0 aliphatic heterocycles. The molecule has 0 fully saturated rings. The summed E-state index contributed by atoms with van der Waals surface area (Å²) in [7, 11) is 0. The fourth-order valence-corrected chi connectivity index (χ4v) is 0.681. The first-order chi connectivity index (χ1) is 5.11. The molecule has 57 valence electrons. The van der Waals surface area contributed by atoms with Crippen LogP contribution in [0.5, 0.6) is 5.75 Å². The molecule has 1 aromatic rings. The lowest BCUT2D eigenvalue weighted by molar-refractivity contribution is 0.0698. The molecule has 1 rings (SSSR count). The summed E-state index contributed by atoms with van der Waals surface area (Å²) in [6.07, 6.45) is 0. The molecule has 0 saturated carbocycles. The van der Waals surface area contributed by atoms with Gasteiger partial charge in [-0.2, -0.15) is 0 Å². The Morgan fingerprint density at radius 1 is 1.64 bits per heavy atom. The Balaban J connectivity index is 3.20. The van der Waals surface area contributed by atoms with Crippen molar-refractivity contribution in [3.63, 3.8) is 0 Å². The molecule has 0 amide bonds. The number of aromatic carboxylic acids is 1. The number of benzene rings is 1. The van der Waals surface area contributed by atoms with Gasteiger partial charge in [0.1, 0.15) is 5.75 Å². The van der Waals surface area contributed by atoms with Gasteiger partial charge in [-0.3, -0.25) is 0 Å². The second-order valence-corrected chi connectivity index (χ2v) is 1.99. The predicted octanol–water partition coefficient (Wildman–Crippen LogP) is 0.473. The fourth-order valence-electron chi connectivity index (χ4n) is 0.681. The Labute approximate surface area is 62.9 Å². The Kier molecular flexibility index (Phi) is 1.68. The van der Waals surface area contributed by atoms with Crippen LogP contribution in [-0.4, -0.2) is 16.2 Å². The number of phenolic OH excluding ortho intramolecular Hbond substituents is 1. The molecule has 0 atom stereocenters. The van der Waals surface area contributed by atoms with E-state index in [1.54, 1.807) is 0 Å². The predicted molar refractivity (Wildman–Crippen MR) is 38.3 cm³/mol. The van der Waals surface area contributed by atoms with E-state index in [0.29, 0.717) is 0 Å². The van der Waals surface area contributed by atoms with E-state index >= 15 is 0 Å². The quantitative estimate of drug-likeness (QED) is 0.511. The molecule has 1 radical (unpaired) electrons. The zero-order chi connectivity index (χ0) is 8.43. The lowest BCUT2D eigenvalue weighted by Crippen LogP contribution is -2.01. The van der Waals surface area contributed by atoms with Gasteiger partial charge >= 0.3 is 5.97 Å². The van der Waals surface area contributed by atoms with Gasteiger partial charge in [0.2, 0.25) is 0 Å². The van der Waals surface area contributed by atoms with Gasteiger partial charge in [0.25, 0.3) is 0 Å². The normalized spacial score (nSPS) is 9.45. The molecule has 4 heteroatoms. The third-order valence-corrected chi connectivity index (χ3v) is 1.20.